The number of carbonyl (C=O) groups excluding carboxylic acids is 1. The van der Waals surface area contributed by atoms with Crippen LogP contribution in [0.4, 0.5) is 0 Å². The molecule has 2 aromatic rings. The van der Waals surface area contributed by atoms with Gasteiger partial charge in [0.25, 0.3) is 0 Å². The molecule has 0 heterocycles. The minimum Gasteiger partial charge on any atom is -0.491 e. The van der Waals surface area contributed by atoms with Gasteiger partial charge in [0.2, 0.25) is 0 Å². The molecule has 1 N–H and O–H groups in total. The van der Waals surface area contributed by atoms with Crippen LogP contribution in [-0.4, -0.2) is 25.2 Å². The summed E-state index contributed by atoms with van der Waals surface area (Å²) in [6, 6.07) is 16.8. The third-order valence-corrected chi connectivity index (χ3v) is 3.75. The van der Waals surface area contributed by atoms with Crippen molar-refractivity contribution in [2.75, 3.05) is 13.7 Å². The number of ether oxygens (including phenoxy) is 2. The number of hydrogen-bond acceptors (Lipinski definition) is 4. The number of nitrogens with one attached hydrogen (secondary N) is 1. The van der Waals surface area contributed by atoms with E-state index in [1.165, 1.54) is 7.11 Å². The van der Waals surface area contributed by atoms with Crippen LogP contribution in [0.2, 0.25) is 5.02 Å². The van der Waals surface area contributed by atoms with Crippen molar-refractivity contribution in [1.29, 1.82) is 0 Å². The lowest BCUT2D eigenvalue weighted by Gasteiger charge is -2.28. The summed E-state index contributed by atoms with van der Waals surface area (Å²) in [7, 11) is 1.37. The standard InChI is InChI=1S/C18H20ClNO3/c1-18(17(21)22-2,13-23-16-6-4-3-5-7-16)20-12-14-8-10-15(19)11-9-14/h3-11,20H,12-13H2,1-2H3. The fourth-order valence-electron chi connectivity index (χ4n) is 2.05. The van der Waals surface area contributed by atoms with Gasteiger partial charge in [0.15, 0.2) is 0 Å². The van der Waals surface area contributed by atoms with Crippen LogP contribution < -0.4 is 10.1 Å². The molecule has 2 rings (SSSR count). The predicted molar refractivity (Wildman–Crippen MR) is 90.6 cm³/mol. The van der Waals surface area contributed by atoms with Gasteiger partial charge in [-0.25, -0.2) is 4.79 Å². The SMILES string of the molecule is COC(=O)C(C)(COc1ccccc1)NCc1ccc(Cl)cc1. The van der Waals surface area contributed by atoms with E-state index in [9.17, 15) is 4.79 Å². The van der Waals surface area contributed by atoms with E-state index in [-0.39, 0.29) is 12.6 Å². The van der Waals surface area contributed by atoms with Crippen molar-refractivity contribution in [3.63, 3.8) is 0 Å². The van der Waals surface area contributed by atoms with Crippen molar-refractivity contribution in [2.45, 2.75) is 19.0 Å². The largest absolute Gasteiger partial charge is 0.491 e. The Morgan fingerprint density at radius 3 is 2.39 bits per heavy atom. The third-order valence-electron chi connectivity index (χ3n) is 3.50. The summed E-state index contributed by atoms with van der Waals surface area (Å²) >= 11 is 5.88. The predicted octanol–water partition coefficient (Wildman–Crippen LogP) is 3.44. The van der Waals surface area contributed by atoms with E-state index in [4.69, 9.17) is 21.1 Å². The van der Waals surface area contributed by atoms with E-state index in [1.807, 2.05) is 54.6 Å². The van der Waals surface area contributed by atoms with Crippen LogP contribution in [0.1, 0.15) is 12.5 Å². The van der Waals surface area contributed by atoms with Crippen molar-refractivity contribution in [1.82, 2.24) is 5.32 Å². The molecule has 4 nitrogen and oxygen atoms in total. The van der Waals surface area contributed by atoms with Gasteiger partial charge in [-0.15, -0.1) is 0 Å². The van der Waals surface area contributed by atoms with E-state index in [0.29, 0.717) is 17.3 Å². The van der Waals surface area contributed by atoms with E-state index in [1.54, 1.807) is 6.92 Å². The maximum absolute atomic E-state index is 12.1. The minimum absolute atomic E-state index is 0.164. The Kier molecular flexibility index (Phi) is 6.02. The first-order valence-corrected chi connectivity index (χ1v) is 7.67. The van der Waals surface area contributed by atoms with Crippen LogP contribution in [0, 0.1) is 0 Å². The summed E-state index contributed by atoms with van der Waals surface area (Å²) in [5.74, 6) is 0.332. The zero-order valence-electron chi connectivity index (χ0n) is 13.2. The molecule has 122 valence electrons. The van der Waals surface area contributed by atoms with E-state index < -0.39 is 5.54 Å². The van der Waals surface area contributed by atoms with Crippen LogP contribution in [0.3, 0.4) is 0 Å². The fourth-order valence-corrected chi connectivity index (χ4v) is 2.18. The lowest BCUT2D eigenvalue weighted by atomic mass is 10.0. The highest BCUT2D eigenvalue weighted by Crippen LogP contribution is 2.15. The van der Waals surface area contributed by atoms with E-state index >= 15 is 0 Å². The molecule has 5 heteroatoms. The second-order valence-corrected chi connectivity index (χ2v) is 5.84. The lowest BCUT2D eigenvalue weighted by molar-refractivity contribution is -0.149. The van der Waals surface area contributed by atoms with Crippen molar-refractivity contribution < 1.29 is 14.3 Å². The number of carbonyl (C=O) groups is 1. The Labute approximate surface area is 141 Å². The molecule has 0 aromatic heterocycles. The molecule has 0 spiro atoms. The molecule has 0 bridgehead atoms. The zero-order valence-corrected chi connectivity index (χ0v) is 14.0. The van der Waals surface area contributed by atoms with E-state index in [0.717, 1.165) is 5.56 Å². The van der Waals surface area contributed by atoms with Gasteiger partial charge in [-0.05, 0) is 36.8 Å². The summed E-state index contributed by atoms with van der Waals surface area (Å²) < 4.78 is 10.6. The molecular weight excluding hydrogens is 314 g/mol. The average molecular weight is 334 g/mol. The van der Waals surface area contributed by atoms with Gasteiger partial charge in [-0.3, -0.25) is 5.32 Å². The van der Waals surface area contributed by atoms with Crippen LogP contribution in [0.25, 0.3) is 0 Å². The number of esters is 1. The molecule has 0 saturated heterocycles. The summed E-state index contributed by atoms with van der Waals surface area (Å²) in [4.78, 5) is 12.1. The average Bonchev–Trinajstić information content (AvgIpc) is 2.59. The Morgan fingerprint density at radius 1 is 1.13 bits per heavy atom. The number of rotatable bonds is 7. The number of para-hydroxylation sites is 1. The highest BCUT2D eigenvalue weighted by atomic mass is 35.5. The molecule has 2 aromatic carbocycles. The smallest absolute Gasteiger partial charge is 0.329 e. The second-order valence-electron chi connectivity index (χ2n) is 5.41. The second kappa shape index (κ2) is 7.99. The Balaban J connectivity index is 2.02. The maximum Gasteiger partial charge on any atom is 0.329 e. The molecule has 1 atom stereocenters. The molecule has 0 aliphatic carbocycles. The third kappa shape index (κ3) is 4.98. The van der Waals surface area contributed by atoms with Crippen molar-refractivity contribution in [2.24, 2.45) is 0 Å². The first-order chi connectivity index (χ1) is 11.0. The molecule has 0 radical (unpaired) electrons. The number of methoxy groups -OCH3 is 1. The lowest BCUT2D eigenvalue weighted by Crippen LogP contribution is -2.54. The first-order valence-electron chi connectivity index (χ1n) is 7.29. The Morgan fingerprint density at radius 2 is 1.78 bits per heavy atom. The van der Waals surface area contributed by atoms with Gasteiger partial charge in [-0.2, -0.15) is 0 Å². The topological polar surface area (TPSA) is 47.6 Å². The van der Waals surface area contributed by atoms with E-state index in [2.05, 4.69) is 5.32 Å². The van der Waals surface area contributed by atoms with Gasteiger partial charge in [0, 0.05) is 11.6 Å². The monoisotopic (exact) mass is 333 g/mol. The molecule has 1 unspecified atom stereocenters. The maximum atomic E-state index is 12.1. The highest BCUT2D eigenvalue weighted by Gasteiger charge is 2.35. The van der Waals surface area contributed by atoms with Crippen molar-refractivity contribution >= 4 is 17.6 Å². The molecular formula is C18H20ClNO3. The van der Waals surface area contributed by atoms with Gasteiger partial charge >= 0.3 is 5.97 Å². The number of hydrogen-bond donors (Lipinski definition) is 1. The van der Waals surface area contributed by atoms with Crippen LogP contribution in [0.15, 0.2) is 54.6 Å². The summed E-state index contributed by atoms with van der Waals surface area (Å²) in [6.07, 6.45) is 0. The van der Waals surface area contributed by atoms with Crippen LogP contribution >= 0.6 is 11.6 Å². The Hall–Kier alpha value is -2.04. The van der Waals surface area contributed by atoms with Crippen LogP contribution in [0.5, 0.6) is 5.75 Å². The minimum atomic E-state index is -0.954. The normalized spacial score (nSPS) is 13.2. The number of benzene rings is 2. The molecule has 0 saturated carbocycles. The first kappa shape index (κ1) is 17.3. The highest BCUT2D eigenvalue weighted by molar-refractivity contribution is 6.30. The van der Waals surface area contributed by atoms with Crippen LogP contribution in [-0.2, 0) is 16.1 Å². The van der Waals surface area contributed by atoms with Gasteiger partial charge in [-0.1, -0.05) is 41.9 Å². The zero-order chi connectivity index (χ0) is 16.7. The number of halogens is 1. The molecule has 0 aliphatic rings. The summed E-state index contributed by atoms with van der Waals surface area (Å²) in [5.41, 5.74) is 0.0637. The molecule has 0 amide bonds. The fraction of sp³-hybridized carbons (Fsp3) is 0.278. The summed E-state index contributed by atoms with van der Waals surface area (Å²) in [5, 5.41) is 3.89. The van der Waals surface area contributed by atoms with Gasteiger partial charge < -0.3 is 9.47 Å². The van der Waals surface area contributed by atoms with Gasteiger partial charge in [0.05, 0.1) is 7.11 Å². The Bertz CT molecular complexity index is 630. The molecule has 0 fully saturated rings. The van der Waals surface area contributed by atoms with Crippen molar-refractivity contribution in [3.05, 3.63) is 65.2 Å². The van der Waals surface area contributed by atoms with Crippen molar-refractivity contribution in [3.8, 4) is 5.75 Å². The van der Waals surface area contributed by atoms with Gasteiger partial charge in [0.1, 0.15) is 17.9 Å². The molecule has 0 aliphatic heterocycles. The summed E-state index contributed by atoms with van der Waals surface area (Å²) in [6.45, 7) is 2.43. The molecule has 23 heavy (non-hydrogen) atoms. The quantitative estimate of drug-likeness (QED) is 0.788.